The van der Waals surface area contributed by atoms with Gasteiger partial charge in [-0.2, -0.15) is 0 Å². The molecule has 20 heavy (non-hydrogen) atoms. The SMILES string of the molecule is CNCCCC(=O)Nc1cccc(Cl)c1OCCOC. The molecule has 0 aliphatic carbocycles. The Labute approximate surface area is 124 Å². The summed E-state index contributed by atoms with van der Waals surface area (Å²) in [6.45, 7) is 1.64. The summed E-state index contributed by atoms with van der Waals surface area (Å²) in [6, 6.07) is 5.26. The number of ether oxygens (including phenoxy) is 2. The zero-order valence-corrected chi connectivity index (χ0v) is 12.6. The molecule has 0 fully saturated rings. The maximum atomic E-state index is 11.8. The third-order valence-electron chi connectivity index (χ3n) is 2.61. The van der Waals surface area contributed by atoms with E-state index in [1.165, 1.54) is 0 Å². The fourth-order valence-corrected chi connectivity index (χ4v) is 1.85. The van der Waals surface area contributed by atoms with Gasteiger partial charge in [-0.15, -0.1) is 0 Å². The topological polar surface area (TPSA) is 59.6 Å². The minimum atomic E-state index is -0.0564. The van der Waals surface area contributed by atoms with Gasteiger partial charge in [0.05, 0.1) is 17.3 Å². The van der Waals surface area contributed by atoms with Crippen LogP contribution in [0.5, 0.6) is 5.75 Å². The van der Waals surface area contributed by atoms with Crippen molar-refractivity contribution in [2.24, 2.45) is 0 Å². The van der Waals surface area contributed by atoms with Crippen molar-refractivity contribution >= 4 is 23.2 Å². The van der Waals surface area contributed by atoms with Crippen molar-refractivity contribution in [1.82, 2.24) is 5.32 Å². The quantitative estimate of drug-likeness (QED) is 0.687. The van der Waals surface area contributed by atoms with Gasteiger partial charge in [-0.05, 0) is 32.1 Å². The van der Waals surface area contributed by atoms with Crippen LogP contribution in [0.2, 0.25) is 5.02 Å². The number of hydrogen-bond acceptors (Lipinski definition) is 4. The van der Waals surface area contributed by atoms with Crippen LogP contribution in [0.15, 0.2) is 18.2 Å². The van der Waals surface area contributed by atoms with Crippen LogP contribution in [0.25, 0.3) is 0 Å². The highest BCUT2D eigenvalue weighted by Crippen LogP contribution is 2.32. The average Bonchev–Trinajstić information content (AvgIpc) is 2.42. The van der Waals surface area contributed by atoms with Crippen LogP contribution >= 0.6 is 11.6 Å². The lowest BCUT2D eigenvalue weighted by Crippen LogP contribution is -2.16. The molecule has 2 N–H and O–H groups in total. The number of methoxy groups -OCH3 is 1. The number of halogens is 1. The van der Waals surface area contributed by atoms with Crippen LogP contribution in [-0.4, -0.2) is 39.8 Å². The number of benzene rings is 1. The van der Waals surface area contributed by atoms with Gasteiger partial charge in [-0.1, -0.05) is 17.7 Å². The van der Waals surface area contributed by atoms with Crippen LogP contribution in [0.4, 0.5) is 5.69 Å². The summed E-state index contributed by atoms with van der Waals surface area (Å²) in [4.78, 5) is 11.8. The monoisotopic (exact) mass is 300 g/mol. The van der Waals surface area contributed by atoms with E-state index in [0.717, 1.165) is 13.0 Å². The van der Waals surface area contributed by atoms with Crippen molar-refractivity contribution < 1.29 is 14.3 Å². The number of anilines is 1. The van der Waals surface area contributed by atoms with E-state index < -0.39 is 0 Å². The number of amides is 1. The average molecular weight is 301 g/mol. The molecule has 1 aromatic carbocycles. The van der Waals surface area contributed by atoms with Gasteiger partial charge in [0.1, 0.15) is 6.61 Å². The second-order valence-electron chi connectivity index (χ2n) is 4.21. The summed E-state index contributed by atoms with van der Waals surface area (Å²) < 4.78 is 10.5. The van der Waals surface area contributed by atoms with E-state index in [4.69, 9.17) is 21.1 Å². The van der Waals surface area contributed by atoms with Crippen molar-refractivity contribution in [2.75, 3.05) is 39.2 Å². The number of rotatable bonds is 9. The molecular formula is C14H21ClN2O3. The van der Waals surface area contributed by atoms with Crippen molar-refractivity contribution in [2.45, 2.75) is 12.8 Å². The minimum Gasteiger partial charge on any atom is -0.487 e. The maximum absolute atomic E-state index is 11.8. The highest BCUT2D eigenvalue weighted by molar-refractivity contribution is 6.32. The Kier molecular flexibility index (Phi) is 8.02. The zero-order chi connectivity index (χ0) is 14.8. The molecule has 1 amide bonds. The first-order chi connectivity index (χ1) is 9.69. The first-order valence-corrected chi connectivity index (χ1v) is 6.91. The minimum absolute atomic E-state index is 0.0564. The summed E-state index contributed by atoms with van der Waals surface area (Å²) in [7, 11) is 3.46. The number of para-hydroxylation sites is 1. The molecule has 0 bridgehead atoms. The highest BCUT2D eigenvalue weighted by Gasteiger charge is 2.11. The molecule has 5 nitrogen and oxygen atoms in total. The second kappa shape index (κ2) is 9.58. The van der Waals surface area contributed by atoms with E-state index in [-0.39, 0.29) is 5.91 Å². The Hall–Kier alpha value is -1.30. The van der Waals surface area contributed by atoms with Crippen LogP contribution in [0, 0.1) is 0 Å². The summed E-state index contributed by atoms with van der Waals surface area (Å²) in [5.74, 6) is 0.423. The molecule has 1 rings (SSSR count). The maximum Gasteiger partial charge on any atom is 0.224 e. The third kappa shape index (κ3) is 5.77. The summed E-state index contributed by atoms with van der Waals surface area (Å²) in [5, 5.41) is 6.29. The van der Waals surface area contributed by atoms with Gasteiger partial charge >= 0.3 is 0 Å². The lowest BCUT2D eigenvalue weighted by Gasteiger charge is -2.13. The molecule has 0 atom stereocenters. The molecule has 0 aliphatic rings. The third-order valence-corrected chi connectivity index (χ3v) is 2.90. The Balaban J connectivity index is 2.63. The Morgan fingerprint density at radius 2 is 2.15 bits per heavy atom. The van der Waals surface area contributed by atoms with Gasteiger partial charge in [-0.3, -0.25) is 4.79 Å². The normalized spacial score (nSPS) is 10.3. The molecule has 1 aromatic rings. The van der Waals surface area contributed by atoms with Crippen LogP contribution in [0.3, 0.4) is 0 Å². The van der Waals surface area contributed by atoms with Gasteiger partial charge in [0.15, 0.2) is 5.75 Å². The molecule has 0 aromatic heterocycles. The fraction of sp³-hybridized carbons (Fsp3) is 0.500. The number of carbonyl (C=O) groups excluding carboxylic acids is 1. The zero-order valence-electron chi connectivity index (χ0n) is 11.9. The molecule has 0 heterocycles. The Morgan fingerprint density at radius 1 is 1.35 bits per heavy atom. The lowest BCUT2D eigenvalue weighted by atomic mass is 10.2. The summed E-state index contributed by atoms with van der Waals surface area (Å²) >= 11 is 6.09. The van der Waals surface area contributed by atoms with Gasteiger partial charge in [-0.25, -0.2) is 0 Å². The van der Waals surface area contributed by atoms with E-state index in [2.05, 4.69) is 10.6 Å². The molecule has 0 saturated carbocycles. The molecular weight excluding hydrogens is 280 g/mol. The predicted octanol–water partition coefficient (Wildman–Crippen LogP) is 2.30. The Bertz CT molecular complexity index is 427. The van der Waals surface area contributed by atoms with Gasteiger partial charge in [0, 0.05) is 13.5 Å². The van der Waals surface area contributed by atoms with Crippen molar-refractivity contribution in [3.8, 4) is 5.75 Å². The molecule has 0 unspecified atom stereocenters. The molecule has 0 aliphatic heterocycles. The van der Waals surface area contributed by atoms with Crippen molar-refractivity contribution in [1.29, 1.82) is 0 Å². The molecule has 112 valence electrons. The summed E-state index contributed by atoms with van der Waals surface area (Å²) in [6.07, 6.45) is 1.23. The van der Waals surface area contributed by atoms with E-state index in [1.807, 2.05) is 7.05 Å². The van der Waals surface area contributed by atoms with E-state index >= 15 is 0 Å². The lowest BCUT2D eigenvalue weighted by molar-refractivity contribution is -0.116. The smallest absolute Gasteiger partial charge is 0.224 e. The van der Waals surface area contributed by atoms with E-state index in [9.17, 15) is 4.79 Å². The van der Waals surface area contributed by atoms with Gasteiger partial charge in [0.2, 0.25) is 5.91 Å². The molecule has 0 radical (unpaired) electrons. The fourth-order valence-electron chi connectivity index (χ4n) is 1.62. The largest absolute Gasteiger partial charge is 0.487 e. The van der Waals surface area contributed by atoms with E-state index in [1.54, 1.807) is 25.3 Å². The number of hydrogen-bond donors (Lipinski definition) is 2. The number of nitrogens with one attached hydrogen (secondary N) is 2. The second-order valence-corrected chi connectivity index (χ2v) is 4.62. The summed E-state index contributed by atoms with van der Waals surface area (Å²) in [5.41, 5.74) is 0.586. The number of carbonyl (C=O) groups is 1. The van der Waals surface area contributed by atoms with Gasteiger partial charge < -0.3 is 20.1 Å². The Morgan fingerprint density at radius 3 is 2.85 bits per heavy atom. The highest BCUT2D eigenvalue weighted by atomic mass is 35.5. The first kappa shape index (κ1) is 16.8. The molecule has 6 heteroatoms. The van der Waals surface area contributed by atoms with Crippen molar-refractivity contribution in [3.63, 3.8) is 0 Å². The van der Waals surface area contributed by atoms with E-state index in [0.29, 0.717) is 36.1 Å². The first-order valence-electron chi connectivity index (χ1n) is 6.53. The van der Waals surface area contributed by atoms with Crippen LogP contribution in [0.1, 0.15) is 12.8 Å². The van der Waals surface area contributed by atoms with Crippen LogP contribution < -0.4 is 15.4 Å². The van der Waals surface area contributed by atoms with Crippen LogP contribution in [-0.2, 0) is 9.53 Å². The standard InChI is InChI=1S/C14H21ClN2O3/c1-16-8-4-7-13(18)17-12-6-3-5-11(15)14(12)20-10-9-19-2/h3,5-6,16H,4,7-10H2,1-2H3,(H,17,18). The molecule has 0 spiro atoms. The molecule has 0 saturated heterocycles. The van der Waals surface area contributed by atoms with Gasteiger partial charge in [0.25, 0.3) is 0 Å². The van der Waals surface area contributed by atoms with Crippen molar-refractivity contribution in [3.05, 3.63) is 23.2 Å². The predicted molar refractivity (Wildman–Crippen MR) is 80.6 cm³/mol.